The third-order valence-electron chi connectivity index (χ3n) is 3.40. The molecule has 0 fully saturated rings. The number of amides is 1. The molecule has 0 aliphatic rings. The Morgan fingerprint density at radius 1 is 1.17 bits per heavy atom. The number of carbonyl (C=O) groups excluding carboxylic acids is 1. The van der Waals surface area contributed by atoms with Crippen LogP contribution in [-0.4, -0.2) is 22.3 Å². The second-order valence-electron chi connectivity index (χ2n) is 5.31. The molecule has 2 aromatic carbocycles. The molecule has 24 heavy (non-hydrogen) atoms. The van der Waals surface area contributed by atoms with Gasteiger partial charge in [-0.2, -0.15) is 5.10 Å². The summed E-state index contributed by atoms with van der Waals surface area (Å²) in [6.07, 6.45) is 1.86. The Kier molecular flexibility index (Phi) is 4.56. The molecule has 0 spiro atoms. The summed E-state index contributed by atoms with van der Waals surface area (Å²) in [5.41, 5.74) is 7.67. The zero-order chi connectivity index (χ0) is 16.9. The van der Waals surface area contributed by atoms with E-state index < -0.39 is 5.91 Å². The summed E-state index contributed by atoms with van der Waals surface area (Å²) in [5, 5.41) is 4.49. The molecular weight excluding hydrogens is 309 g/mol. The van der Waals surface area contributed by atoms with Gasteiger partial charge in [-0.3, -0.25) is 9.48 Å². The summed E-state index contributed by atoms with van der Waals surface area (Å²) in [6, 6.07) is 15.5. The minimum Gasteiger partial charge on any atom is -0.484 e. The number of primary amides is 1. The third-order valence-corrected chi connectivity index (χ3v) is 3.40. The van der Waals surface area contributed by atoms with Crippen LogP contribution in [0.5, 0.6) is 5.75 Å². The normalized spacial score (nSPS) is 10.5. The van der Waals surface area contributed by atoms with Gasteiger partial charge < -0.3 is 10.5 Å². The molecule has 3 rings (SSSR count). The summed E-state index contributed by atoms with van der Waals surface area (Å²) in [7, 11) is 0. The fourth-order valence-electron chi connectivity index (χ4n) is 2.30. The predicted octanol–water partition coefficient (Wildman–Crippen LogP) is 2.60. The highest BCUT2D eigenvalue weighted by Gasteiger charge is 2.05. The Morgan fingerprint density at radius 2 is 1.96 bits per heavy atom. The van der Waals surface area contributed by atoms with Gasteiger partial charge in [0.1, 0.15) is 11.6 Å². The highest BCUT2D eigenvalue weighted by molar-refractivity contribution is 5.75. The van der Waals surface area contributed by atoms with Crippen LogP contribution >= 0.6 is 0 Å². The second kappa shape index (κ2) is 6.95. The van der Waals surface area contributed by atoms with Crippen LogP contribution in [-0.2, 0) is 11.3 Å². The number of hydrogen-bond donors (Lipinski definition) is 1. The lowest BCUT2D eigenvalue weighted by Crippen LogP contribution is -2.20. The Hall–Kier alpha value is -3.15. The minimum atomic E-state index is -0.517. The van der Waals surface area contributed by atoms with Crippen LogP contribution in [0, 0.1) is 5.82 Å². The molecule has 0 saturated heterocycles. The summed E-state index contributed by atoms with van der Waals surface area (Å²) >= 11 is 0. The van der Waals surface area contributed by atoms with E-state index in [0.29, 0.717) is 12.3 Å². The van der Waals surface area contributed by atoms with Crippen LogP contribution in [0.4, 0.5) is 4.39 Å². The van der Waals surface area contributed by atoms with Crippen LogP contribution in [0.3, 0.4) is 0 Å². The van der Waals surface area contributed by atoms with E-state index in [9.17, 15) is 9.18 Å². The van der Waals surface area contributed by atoms with Gasteiger partial charge in [-0.25, -0.2) is 4.39 Å². The van der Waals surface area contributed by atoms with E-state index in [1.165, 1.54) is 12.1 Å². The molecule has 0 aliphatic carbocycles. The van der Waals surface area contributed by atoms with E-state index in [1.807, 2.05) is 30.5 Å². The number of halogens is 1. The molecule has 3 aromatic rings. The molecule has 0 saturated carbocycles. The topological polar surface area (TPSA) is 70.1 Å². The molecule has 6 heteroatoms. The maximum absolute atomic E-state index is 13.0. The van der Waals surface area contributed by atoms with Gasteiger partial charge in [-0.15, -0.1) is 0 Å². The van der Waals surface area contributed by atoms with E-state index in [1.54, 1.807) is 22.9 Å². The lowest BCUT2D eigenvalue weighted by atomic mass is 10.1. The Bertz CT molecular complexity index is 843. The van der Waals surface area contributed by atoms with Gasteiger partial charge in [0.25, 0.3) is 5.91 Å². The predicted molar refractivity (Wildman–Crippen MR) is 87.9 cm³/mol. The van der Waals surface area contributed by atoms with E-state index >= 15 is 0 Å². The highest BCUT2D eigenvalue weighted by Crippen LogP contribution is 2.18. The summed E-state index contributed by atoms with van der Waals surface area (Å²) in [5.74, 6) is -0.209. The number of benzene rings is 2. The van der Waals surface area contributed by atoms with E-state index in [0.717, 1.165) is 16.8 Å². The molecular formula is C18H16FN3O2. The number of hydrogen-bond acceptors (Lipinski definition) is 3. The van der Waals surface area contributed by atoms with E-state index in [-0.39, 0.29) is 12.4 Å². The Labute approximate surface area is 138 Å². The molecule has 1 amide bonds. The van der Waals surface area contributed by atoms with Gasteiger partial charge in [-0.1, -0.05) is 12.1 Å². The average molecular weight is 325 g/mol. The molecule has 122 valence electrons. The van der Waals surface area contributed by atoms with Crippen LogP contribution in [0.25, 0.3) is 11.3 Å². The van der Waals surface area contributed by atoms with Crippen molar-refractivity contribution in [3.05, 3.63) is 72.2 Å². The largest absolute Gasteiger partial charge is 0.484 e. The maximum Gasteiger partial charge on any atom is 0.255 e. The fraction of sp³-hybridized carbons (Fsp3) is 0.111. The maximum atomic E-state index is 13.0. The number of aromatic nitrogens is 2. The molecule has 0 atom stereocenters. The number of nitrogens with two attached hydrogens (primary N) is 1. The first-order valence-electron chi connectivity index (χ1n) is 7.39. The van der Waals surface area contributed by atoms with Crippen molar-refractivity contribution < 1.29 is 13.9 Å². The fourth-order valence-corrected chi connectivity index (χ4v) is 2.30. The summed E-state index contributed by atoms with van der Waals surface area (Å²) in [6.45, 7) is 0.398. The minimum absolute atomic E-state index is 0.153. The van der Waals surface area contributed by atoms with Gasteiger partial charge in [0.15, 0.2) is 6.61 Å². The van der Waals surface area contributed by atoms with Gasteiger partial charge in [0.05, 0.1) is 12.2 Å². The average Bonchev–Trinajstić information content (AvgIpc) is 3.02. The molecule has 1 heterocycles. The Morgan fingerprint density at radius 3 is 2.71 bits per heavy atom. The van der Waals surface area contributed by atoms with Gasteiger partial charge in [0, 0.05) is 11.8 Å². The lowest BCUT2D eigenvalue weighted by molar-refractivity contribution is -0.119. The Balaban J connectivity index is 1.71. The van der Waals surface area contributed by atoms with Crippen LogP contribution < -0.4 is 10.5 Å². The zero-order valence-corrected chi connectivity index (χ0v) is 12.9. The molecule has 5 nitrogen and oxygen atoms in total. The molecule has 1 aromatic heterocycles. The molecule has 0 unspecified atom stereocenters. The zero-order valence-electron chi connectivity index (χ0n) is 12.9. The molecule has 0 radical (unpaired) electrons. The molecule has 0 bridgehead atoms. The first-order chi connectivity index (χ1) is 11.6. The lowest BCUT2D eigenvalue weighted by Gasteiger charge is -2.07. The quantitative estimate of drug-likeness (QED) is 0.757. The van der Waals surface area contributed by atoms with Crippen molar-refractivity contribution in [2.24, 2.45) is 5.73 Å². The molecule has 2 N–H and O–H groups in total. The summed E-state index contributed by atoms with van der Waals surface area (Å²) in [4.78, 5) is 10.8. The second-order valence-corrected chi connectivity index (χ2v) is 5.31. The number of nitrogens with zero attached hydrogens (tertiary/aromatic N) is 2. The van der Waals surface area contributed by atoms with Crippen molar-refractivity contribution in [1.82, 2.24) is 9.78 Å². The molecule has 0 aliphatic heterocycles. The first-order valence-corrected chi connectivity index (χ1v) is 7.39. The van der Waals surface area contributed by atoms with Crippen molar-refractivity contribution in [3.8, 4) is 17.0 Å². The SMILES string of the molecule is NC(=O)COc1cccc(Cn2ccc(-c3ccc(F)cc3)n2)c1. The van der Waals surface area contributed by atoms with Gasteiger partial charge in [-0.05, 0) is 48.0 Å². The van der Waals surface area contributed by atoms with Crippen molar-refractivity contribution in [3.63, 3.8) is 0 Å². The third kappa shape index (κ3) is 3.98. The van der Waals surface area contributed by atoms with Crippen LogP contribution in [0.1, 0.15) is 5.56 Å². The van der Waals surface area contributed by atoms with E-state index in [4.69, 9.17) is 10.5 Å². The van der Waals surface area contributed by atoms with Gasteiger partial charge in [0.2, 0.25) is 0 Å². The standard InChI is InChI=1S/C18H16FN3O2/c19-15-6-4-14(5-7-15)17-8-9-22(21-17)11-13-2-1-3-16(10-13)24-12-18(20)23/h1-10H,11-12H2,(H2,20,23). The van der Waals surface area contributed by atoms with Crippen molar-refractivity contribution in [2.45, 2.75) is 6.54 Å². The van der Waals surface area contributed by atoms with Crippen LogP contribution in [0.2, 0.25) is 0 Å². The van der Waals surface area contributed by atoms with E-state index in [2.05, 4.69) is 5.10 Å². The smallest absolute Gasteiger partial charge is 0.255 e. The number of rotatable bonds is 6. The van der Waals surface area contributed by atoms with Crippen molar-refractivity contribution in [1.29, 1.82) is 0 Å². The highest BCUT2D eigenvalue weighted by atomic mass is 19.1. The van der Waals surface area contributed by atoms with Gasteiger partial charge >= 0.3 is 0 Å². The monoisotopic (exact) mass is 325 g/mol. The van der Waals surface area contributed by atoms with Crippen molar-refractivity contribution >= 4 is 5.91 Å². The number of carbonyl (C=O) groups is 1. The first kappa shape index (κ1) is 15.7. The number of ether oxygens (including phenoxy) is 1. The van der Waals surface area contributed by atoms with Crippen molar-refractivity contribution in [2.75, 3.05) is 6.61 Å². The summed E-state index contributed by atoms with van der Waals surface area (Å²) < 4.78 is 20.1. The van der Waals surface area contributed by atoms with Crippen LogP contribution in [0.15, 0.2) is 60.8 Å².